The minimum Gasteiger partial charge on any atom is -0.497 e. The molecule has 3 aromatic rings. The lowest BCUT2D eigenvalue weighted by molar-refractivity contribution is 0.405. The number of ether oxygens (including phenoxy) is 3. The summed E-state index contributed by atoms with van der Waals surface area (Å²) >= 11 is 0. The van der Waals surface area contributed by atoms with Gasteiger partial charge < -0.3 is 24.8 Å². The largest absolute Gasteiger partial charge is 0.497 e. The number of nitrogens with one attached hydrogen (secondary N) is 2. The van der Waals surface area contributed by atoms with Crippen molar-refractivity contribution in [1.29, 1.82) is 0 Å². The molecule has 0 aliphatic heterocycles. The van der Waals surface area contributed by atoms with Gasteiger partial charge in [-0.05, 0) is 36.4 Å². The maximum Gasteiger partial charge on any atom is 0.249 e. The minimum absolute atomic E-state index is 0.329. The molecule has 0 fully saturated rings. The number of benzene rings is 2. The Kier molecular flexibility index (Phi) is 5.33. The molecule has 8 heteroatoms. The van der Waals surface area contributed by atoms with Crippen molar-refractivity contribution in [2.75, 3.05) is 32.0 Å². The molecule has 8 nitrogen and oxygen atoms in total. The number of nitrogens with zero attached hydrogens (tertiary/aromatic N) is 3. The van der Waals surface area contributed by atoms with Crippen molar-refractivity contribution >= 4 is 23.1 Å². The Bertz CT molecular complexity index is 871. The zero-order valence-electron chi connectivity index (χ0n) is 14.7. The maximum absolute atomic E-state index is 5.34. The van der Waals surface area contributed by atoms with Crippen molar-refractivity contribution < 1.29 is 14.2 Å². The van der Waals surface area contributed by atoms with Gasteiger partial charge in [-0.3, -0.25) is 0 Å². The van der Waals surface area contributed by atoms with E-state index in [9.17, 15) is 0 Å². The summed E-state index contributed by atoms with van der Waals surface area (Å²) < 4.78 is 15.7. The molecule has 0 saturated heterocycles. The van der Waals surface area contributed by atoms with Crippen LogP contribution in [0.5, 0.6) is 17.2 Å². The van der Waals surface area contributed by atoms with Gasteiger partial charge in [0, 0.05) is 11.8 Å². The first-order valence-electron chi connectivity index (χ1n) is 7.81. The predicted molar refractivity (Wildman–Crippen MR) is 98.9 cm³/mol. The van der Waals surface area contributed by atoms with Gasteiger partial charge in [0.2, 0.25) is 5.95 Å². The molecule has 3 rings (SSSR count). The molecule has 134 valence electrons. The summed E-state index contributed by atoms with van der Waals surface area (Å²) in [5.74, 6) is 2.99. The lowest BCUT2D eigenvalue weighted by Crippen LogP contribution is -2.03. The van der Waals surface area contributed by atoms with E-state index in [0.717, 1.165) is 11.4 Å². The summed E-state index contributed by atoms with van der Waals surface area (Å²) in [6, 6.07) is 12.9. The smallest absolute Gasteiger partial charge is 0.249 e. The molecule has 0 spiro atoms. The highest BCUT2D eigenvalue weighted by Crippen LogP contribution is 2.30. The van der Waals surface area contributed by atoms with Gasteiger partial charge in [0.1, 0.15) is 17.2 Å². The Morgan fingerprint density at radius 1 is 0.808 bits per heavy atom. The van der Waals surface area contributed by atoms with Crippen molar-refractivity contribution in [3.05, 3.63) is 48.7 Å². The van der Waals surface area contributed by atoms with Gasteiger partial charge in [-0.1, -0.05) is 0 Å². The van der Waals surface area contributed by atoms with Crippen LogP contribution in [-0.4, -0.2) is 36.5 Å². The van der Waals surface area contributed by atoms with Crippen LogP contribution in [0.2, 0.25) is 0 Å². The maximum atomic E-state index is 5.34. The molecule has 0 saturated carbocycles. The summed E-state index contributed by atoms with van der Waals surface area (Å²) in [5.41, 5.74) is 1.53. The van der Waals surface area contributed by atoms with Crippen molar-refractivity contribution in [2.24, 2.45) is 0 Å². The molecule has 0 bridgehead atoms. The summed E-state index contributed by atoms with van der Waals surface area (Å²) in [4.78, 5) is 4.41. The Labute approximate surface area is 151 Å². The van der Waals surface area contributed by atoms with Gasteiger partial charge in [0.15, 0.2) is 5.82 Å². The fraction of sp³-hybridized carbons (Fsp3) is 0.167. The van der Waals surface area contributed by atoms with Crippen LogP contribution in [0, 0.1) is 0 Å². The number of aromatic nitrogens is 3. The van der Waals surface area contributed by atoms with Gasteiger partial charge >= 0.3 is 0 Å². The second-order valence-corrected chi connectivity index (χ2v) is 5.21. The Morgan fingerprint density at radius 2 is 1.54 bits per heavy atom. The molecule has 26 heavy (non-hydrogen) atoms. The van der Waals surface area contributed by atoms with Crippen LogP contribution in [0.3, 0.4) is 0 Å². The van der Waals surface area contributed by atoms with Crippen LogP contribution in [0.25, 0.3) is 0 Å². The highest BCUT2D eigenvalue weighted by Gasteiger charge is 2.08. The van der Waals surface area contributed by atoms with Crippen LogP contribution in [0.4, 0.5) is 23.1 Å². The number of anilines is 4. The number of hydrogen-bond donors (Lipinski definition) is 2. The third-order valence-electron chi connectivity index (χ3n) is 3.57. The highest BCUT2D eigenvalue weighted by molar-refractivity contribution is 5.66. The molecule has 0 amide bonds. The van der Waals surface area contributed by atoms with Crippen LogP contribution in [-0.2, 0) is 0 Å². The molecule has 0 atom stereocenters. The Hall–Kier alpha value is -3.55. The van der Waals surface area contributed by atoms with Gasteiger partial charge in [-0.15, -0.1) is 5.10 Å². The molecule has 0 radical (unpaired) electrons. The lowest BCUT2D eigenvalue weighted by atomic mass is 10.2. The summed E-state index contributed by atoms with van der Waals surface area (Å²) in [5, 5.41) is 14.2. The van der Waals surface area contributed by atoms with E-state index >= 15 is 0 Å². The van der Waals surface area contributed by atoms with Crippen molar-refractivity contribution in [3.63, 3.8) is 0 Å². The van der Waals surface area contributed by atoms with Gasteiger partial charge in [0.05, 0.1) is 33.2 Å². The Balaban J connectivity index is 1.79. The van der Waals surface area contributed by atoms with Crippen LogP contribution in [0.1, 0.15) is 0 Å². The van der Waals surface area contributed by atoms with E-state index in [1.54, 1.807) is 33.5 Å². The first kappa shape index (κ1) is 17.3. The molecule has 1 aromatic heterocycles. The van der Waals surface area contributed by atoms with Gasteiger partial charge in [0.25, 0.3) is 0 Å². The van der Waals surface area contributed by atoms with Crippen molar-refractivity contribution in [2.45, 2.75) is 0 Å². The van der Waals surface area contributed by atoms with E-state index in [-0.39, 0.29) is 0 Å². The van der Waals surface area contributed by atoms with Crippen LogP contribution < -0.4 is 24.8 Å². The molecule has 0 unspecified atom stereocenters. The first-order chi connectivity index (χ1) is 12.7. The van der Waals surface area contributed by atoms with Gasteiger partial charge in [-0.25, -0.2) is 0 Å². The summed E-state index contributed by atoms with van der Waals surface area (Å²) in [6.07, 6.45) is 1.54. The van der Waals surface area contributed by atoms with E-state index in [2.05, 4.69) is 25.8 Å². The number of hydrogen-bond acceptors (Lipinski definition) is 8. The molecule has 0 aliphatic carbocycles. The molecular weight excluding hydrogens is 334 g/mol. The SMILES string of the molecule is COc1ccc(Nc2cnnc(Nc3cc(OC)ccc3OC)n2)cc1. The average molecular weight is 353 g/mol. The minimum atomic E-state index is 0.329. The Morgan fingerprint density at radius 3 is 2.23 bits per heavy atom. The fourth-order valence-corrected chi connectivity index (χ4v) is 2.27. The predicted octanol–water partition coefficient (Wildman–Crippen LogP) is 3.38. The van der Waals surface area contributed by atoms with Crippen molar-refractivity contribution in [1.82, 2.24) is 15.2 Å². The highest BCUT2D eigenvalue weighted by atomic mass is 16.5. The molecule has 0 aliphatic rings. The second-order valence-electron chi connectivity index (χ2n) is 5.21. The third-order valence-corrected chi connectivity index (χ3v) is 3.57. The number of methoxy groups -OCH3 is 3. The molecular formula is C18H19N5O3. The quantitative estimate of drug-likeness (QED) is 0.668. The van der Waals surface area contributed by atoms with Crippen LogP contribution >= 0.6 is 0 Å². The van der Waals surface area contributed by atoms with E-state index in [1.165, 1.54) is 6.20 Å². The van der Waals surface area contributed by atoms with E-state index in [4.69, 9.17) is 14.2 Å². The van der Waals surface area contributed by atoms with Crippen molar-refractivity contribution in [3.8, 4) is 17.2 Å². The molecule has 2 aromatic carbocycles. The summed E-state index contributed by atoms with van der Waals surface area (Å²) in [6.45, 7) is 0. The summed E-state index contributed by atoms with van der Waals surface area (Å²) in [7, 11) is 4.82. The average Bonchev–Trinajstić information content (AvgIpc) is 2.69. The van der Waals surface area contributed by atoms with E-state index < -0.39 is 0 Å². The standard InChI is InChI=1S/C18H19N5O3/c1-24-13-6-4-12(5-7-13)20-17-11-19-23-18(22-17)21-15-10-14(25-2)8-9-16(15)26-3/h4-11H,1-3H3,(H2,20,21,22,23). The monoisotopic (exact) mass is 353 g/mol. The molecule has 2 N–H and O–H groups in total. The lowest BCUT2D eigenvalue weighted by Gasteiger charge is -2.12. The van der Waals surface area contributed by atoms with Gasteiger partial charge in [-0.2, -0.15) is 10.1 Å². The topological polar surface area (TPSA) is 90.4 Å². The van der Waals surface area contributed by atoms with E-state index in [1.807, 2.05) is 30.3 Å². The zero-order valence-corrected chi connectivity index (χ0v) is 14.7. The second kappa shape index (κ2) is 8.02. The third kappa shape index (κ3) is 4.10. The van der Waals surface area contributed by atoms with Crippen LogP contribution in [0.15, 0.2) is 48.7 Å². The fourth-order valence-electron chi connectivity index (χ4n) is 2.27. The van der Waals surface area contributed by atoms with E-state index in [0.29, 0.717) is 29.0 Å². The number of rotatable bonds is 7. The normalized spacial score (nSPS) is 10.1. The first-order valence-corrected chi connectivity index (χ1v) is 7.81. The zero-order chi connectivity index (χ0) is 18.4. The molecule has 1 heterocycles.